The number of halogens is 2. The number of rotatable bonds is 3. The molecular formula is C8H8BrClN2O3. The maximum absolute atomic E-state index is 10.8. The maximum Gasteiger partial charge on any atom is 0.312 e. The Balaban J connectivity index is 3.51. The molecule has 0 amide bonds. The lowest BCUT2D eigenvalue weighted by Gasteiger charge is -2.09. The van der Waals surface area contributed by atoms with Crippen molar-refractivity contribution in [3.05, 3.63) is 25.7 Å². The fourth-order valence-corrected chi connectivity index (χ4v) is 1.84. The molecule has 0 heterocycles. The first-order chi connectivity index (χ1) is 7.02. The van der Waals surface area contributed by atoms with E-state index in [1.165, 1.54) is 13.2 Å². The topological polar surface area (TPSA) is 64.4 Å². The van der Waals surface area contributed by atoms with Gasteiger partial charge in [0, 0.05) is 13.1 Å². The zero-order valence-electron chi connectivity index (χ0n) is 8.01. The molecule has 82 valence electrons. The molecule has 0 aliphatic carbocycles. The van der Waals surface area contributed by atoms with Crippen molar-refractivity contribution in [3.63, 3.8) is 0 Å². The highest BCUT2D eigenvalue weighted by Gasteiger charge is 2.23. The maximum atomic E-state index is 10.8. The molecule has 0 saturated heterocycles. The van der Waals surface area contributed by atoms with Crippen molar-refractivity contribution in [2.45, 2.75) is 0 Å². The van der Waals surface area contributed by atoms with E-state index < -0.39 is 4.92 Å². The van der Waals surface area contributed by atoms with Gasteiger partial charge in [0.15, 0.2) is 0 Å². The Labute approximate surface area is 99.6 Å². The predicted molar refractivity (Wildman–Crippen MR) is 61.9 cm³/mol. The summed E-state index contributed by atoms with van der Waals surface area (Å²) in [5.41, 5.74) is 0.136. The van der Waals surface area contributed by atoms with Crippen LogP contribution in [-0.2, 0) is 0 Å². The molecular weight excluding hydrogens is 287 g/mol. The van der Waals surface area contributed by atoms with Gasteiger partial charge in [0.05, 0.1) is 16.5 Å². The van der Waals surface area contributed by atoms with Crippen molar-refractivity contribution in [2.24, 2.45) is 0 Å². The Hall–Kier alpha value is -1.01. The van der Waals surface area contributed by atoms with Crippen LogP contribution in [0.2, 0.25) is 5.02 Å². The third-order valence-electron chi connectivity index (χ3n) is 1.82. The quantitative estimate of drug-likeness (QED) is 0.687. The number of hydrogen-bond acceptors (Lipinski definition) is 4. The number of nitrogens with zero attached hydrogens (tertiary/aromatic N) is 1. The molecule has 0 aromatic heterocycles. The van der Waals surface area contributed by atoms with Gasteiger partial charge >= 0.3 is 5.69 Å². The minimum Gasteiger partial charge on any atom is -0.495 e. The van der Waals surface area contributed by atoms with Gasteiger partial charge in [0.25, 0.3) is 0 Å². The minimum atomic E-state index is -0.543. The number of nitro benzene ring substituents is 1. The standard InChI is InChI=1S/C8H8BrClN2O3/c1-11-4-3-5(15-2)6(9)7(10)8(4)12(13)14/h3,11H,1-2H3. The van der Waals surface area contributed by atoms with Gasteiger partial charge in [-0.05, 0) is 15.9 Å². The Morgan fingerprint density at radius 2 is 2.27 bits per heavy atom. The number of ether oxygens (including phenoxy) is 1. The summed E-state index contributed by atoms with van der Waals surface area (Å²) in [6.07, 6.45) is 0. The van der Waals surface area contributed by atoms with Crippen LogP contribution in [0.25, 0.3) is 0 Å². The molecule has 0 aliphatic rings. The summed E-state index contributed by atoms with van der Waals surface area (Å²) in [4.78, 5) is 10.2. The lowest BCUT2D eigenvalue weighted by atomic mass is 10.2. The number of hydrogen-bond donors (Lipinski definition) is 1. The number of methoxy groups -OCH3 is 1. The number of benzene rings is 1. The highest BCUT2D eigenvalue weighted by Crippen LogP contribution is 2.43. The van der Waals surface area contributed by atoms with Gasteiger partial charge < -0.3 is 10.1 Å². The second-order valence-corrected chi connectivity index (χ2v) is 3.78. The summed E-state index contributed by atoms with van der Waals surface area (Å²) in [5, 5.41) is 13.5. The van der Waals surface area contributed by atoms with Crippen LogP contribution >= 0.6 is 27.5 Å². The van der Waals surface area contributed by atoms with Gasteiger partial charge in [0.1, 0.15) is 16.5 Å². The van der Waals surface area contributed by atoms with E-state index in [0.717, 1.165) is 0 Å². The van der Waals surface area contributed by atoms with Crippen LogP contribution in [0.4, 0.5) is 11.4 Å². The second-order valence-electron chi connectivity index (χ2n) is 2.61. The summed E-state index contributed by atoms with van der Waals surface area (Å²) in [6.45, 7) is 0. The first kappa shape index (κ1) is 12.1. The third kappa shape index (κ3) is 2.15. The van der Waals surface area contributed by atoms with E-state index >= 15 is 0 Å². The normalized spacial score (nSPS) is 9.87. The molecule has 0 fully saturated rings. The van der Waals surface area contributed by atoms with Crippen LogP contribution in [-0.4, -0.2) is 19.1 Å². The summed E-state index contributed by atoms with van der Waals surface area (Å²) < 4.78 is 5.38. The van der Waals surface area contributed by atoms with Gasteiger partial charge in [-0.25, -0.2) is 0 Å². The molecule has 0 spiro atoms. The molecule has 15 heavy (non-hydrogen) atoms. The van der Waals surface area contributed by atoms with Crippen molar-refractivity contribution < 1.29 is 9.66 Å². The van der Waals surface area contributed by atoms with Crippen LogP contribution < -0.4 is 10.1 Å². The first-order valence-electron chi connectivity index (χ1n) is 3.91. The first-order valence-corrected chi connectivity index (χ1v) is 5.08. The van der Waals surface area contributed by atoms with Gasteiger partial charge in [-0.1, -0.05) is 11.6 Å². The van der Waals surface area contributed by atoms with Crippen molar-refractivity contribution in [2.75, 3.05) is 19.5 Å². The van der Waals surface area contributed by atoms with E-state index in [1.807, 2.05) is 0 Å². The fraction of sp³-hybridized carbons (Fsp3) is 0.250. The molecule has 1 aromatic rings. The SMILES string of the molecule is CNc1cc(OC)c(Br)c(Cl)c1[N+](=O)[O-]. The van der Waals surface area contributed by atoms with Crippen molar-refractivity contribution in [1.29, 1.82) is 0 Å². The van der Waals surface area contributed by atoms with E-state index in [0.29, 0.717) is 15.9 Å². The Bertz CT molecular complexity index is 411. The summed E-state index contributed by atoms with van der Waals surface area (Å²) >= 11 is 8.98. The molecule has 1 aromatic carbocycles. The Morgan fingerprint density at radius 3 is 2.67 bits per heavy atom. The lowest BCUT2D eigenvalue weighted by molar-refractivity contribution is -0.383. The molecule has 0 aliphatic heterocycles. The van der Waals surface area contributed by atoms with Crippen molar-refractivity contribution >= 4 is 38.9 Å². The Kier molecular flexibility index (Phi) is 3.76. The number of nitrogens with one attached hydrogen (secondary N) is 1. The zero-order chi connectivity index (χ0) is 11.6. The molecule has 0 radical (unpaired) electrons. The van der Waals surface area contributed by atoms with Gasteiger partial charge in [0.2, 0.25) is 0 Å². The van der Waals surface area contributed by atoms with Crippen LogP contribution in [0.3, 0.4) is 0 Å². The van der Waals surface area contributed by atoms with Crippen LogP contribution in [0.5, 0.6) is 5.75 Å². The molecule has 0 saturated carbocycles. The minimum absolute atomic E-state index is 0.0173. The fourth-order valence-electron chi connectivity index (χ4n) is 1.11. The third-order valence-corrected chi connectivity index (χ3v) is 3.20. The van der Waals surface area contributed by atoms with Gasteiger partial charge in [-0.2, -0.15) is 0 Å². The van der Waals surface area contributed by atoms with E-state index in [2.05, 4.69) is 21.2 Å². The summed E-state index contributed by atoms with van der Waals surface area (Å²) in [7, 11) is 3.04. The average Bonchev–Trinajstić information content (AvgIpc) is 2.20. The highest BCUT2D eigenvalue weighted by atomic mass is 79.9. The van der Waals surface area contributed by atoms with Crippen molar-refractivity contribution in [3.8, 4) is 5.75 Å². The predicted octanol–water partition coefficient (Wildman–Crippen LogP) is 3.06. The summed E-state index contributed by atoms with van der Waals surface area (Å²) in [5.74, 6) is 0.440. The lowest BCUT2D eigenvalue weighted by Crippen LogP contribution is -1.99. The number of anilines is 1. The molecule has 0 bridgehead atoms. The van der Waals surface area contributed by atoms with Gasteiger partial charge in [-0.15, -0.1) is 0 Å². The van der Waals surface area contributed by atoms with E-state index in [4.69, 9.17) is 16.3 Å². The smallest absolute Gasteiger partial charge is 0.312 e. The zero-order valence-corrected chi connectivity index (χ0v) is 10.3. The second kappa shape index (κ2) is 4.67. The van der Waals surface area contributed by atoms with Crippen LogP contribution in [0.1, 0.15) is 0 Å². The largest absolute Gasteiger partial charge is 0.495 e. The van der Waals surface area contributed by atoms with E-state index in [1.54, 1.807) is 7.05 Å². The molecule has 1 rings (SSSR count). The van der Waals surface area contributed by atoms with Crippen LogP contribution in [0, 0.1) is 10.1 Å². The highest BCUT2D eigenvalue weighted by molar-refractivity contribution is 9.10. The summed E-state index contributed by atoms with van der Waals surface area (Å²) in [6, 6.07) is 1.51. The molecule has 7 heteroatoms. The molecule has 1 N–H and O–H groups in total. The van der Waals surface area contributed by atoms with E-state index in [-0.39, 0.29) is 10.7 Å². The van der Waals surface area contributed by atoms with Gasteiger partial charge in [-0.3, -0.25) is 10.1 Å². The molecule has 0 atom stereocenters. The van der Waals surface area contributed by atoms with Crippen molar-refractivity contribution in [1.82, 2.24) is 0 Å². The van der Waals surface area contributed by atoms with E-state index in [9.17, 15) is 10.1 Å². The average molecular weight is 296 g/mol. The molecule has 0 unspecified atom stereocenters. The van der Waals surface area contributed by atoms with Crippen LogP contribution in [0.15, 0.2) is 10.5 Å². The monoisotopic (exact) mass is 294 g/mol. The number of nitro groups is 1. The molecule has 5 nitrogen and oxygen atoms in total. The Morgan fingerprint density at radius 1 is 1.67 bits per heavy atom.